The van der Waals surface area contributed by atoms with E-state index in [2.05, 4.69) is 4.74 Å². The van der Waals surface area contributed by atoms with Crippen LogP contribution in [0.25, 0.3) is 0 Å². The highest BCUT2D eigenvalue weighted by Gasteiger charge is 2.64. The monoisotopic (exact) mass is 258 g/mol. The standard InChI is InChI=1S/C13H13F3O2/c1-8-3-4-9(7-10(8)11(17)18-2)12(5-6-12)13(14,15)16/h3-4,7H,5-6H2,1-2H3. The van der Waals surface area contributed by atoms with Crippen molar-refractivity contribution >= 4 is 5.97 Å². The van der Waals surface area contributed by atoms with E-state index in [9.17, 15) is 18.0 Å². The number of hydrogen-bond acceptors (Lipinski definition) is 2. The summed E-state index contributed by atoms with van der Waals surface area (Å²) in [5.74, 6) is -0.604. The maximum absolute atomic E-state index is 13.0. The summed E-state index contributed by atoms with van der Waals surface area (Å²) in [7, 11) is 1.21. The second kappa shape index (κ2) is 4.00. The number of hydrogen-bond donors (Lipinski definition) is 0. The molecule has 98 valence electrons. The quantitative estimate of drug-likeness (QED) is 0.760. The smallest absolute Gasteiger partial charge is 0.398 e. The second-order valence-electron chi connectivity index (χ2n) is 4.60. The lowest BCUT2D eigenvalue weighted by atomic mass is 9.92. The average molecular weight is 258 g/mol. The van der Waals surface area contributed by atoms with Crippen molar-refractivity contribution in [2.45, 2.75) is 31.4 Å². The number of carbonyl (C=O) groups excluding carboxylic acids is 1. The van der Waals surface area contributed by atoms with Crippen LogP contribution in [0.15, 0.2) is 18.2 Å². The van der Waals surface area contributed by atoms with E-state index in [-0.39, 0.29) is 24.0 Å². The number of rotatable bonds is 2. The highest BCUT2D eigenvalue weighted by molar-refractivity contribution is 5.91. The van der Waals surface area contributed by atoms with Gasteiger partial charge in [-0.3, -0.25) is 0 Å². The molecule has 0 spiro atoms. The molecule has 2 nitrogen and oxygen atoms in total. The zero-order valence-electron chi connectivity index (χ0n) is 10.1. The van der Waals surface area contributed by atoms with E-state index in [0.717, 1.165) is 0 Å². The maximum atomic E-state index is 13.0. The number of carbonyl (C=O) groups is 1. The molecule has 0 aliphatic heterocycles. The summed E-state index contributed by atoms with van der Waals surface area (Å²) >= 11 is 0. The topological polar surface area (TPSA) is 26.3 Å². The average Bonchev–Trinajstić information content (AvgIpc) is 3.09. The third kappa shape index (κ3) is 1.87. The first kappa shape index (κ1) is 12.9. The van der Waals surface area contributed by atoms with Crippen LogP contribution < -0.4 is 0 Å². The van der Waals surface area contributed by atoms with E-state index in [1.54, 1.807) is 6.92 Å². The summed E-state index contributed by atoms with van der Waals surface area (Å²) in [4.78, 5) is 11.5. The van der Waals surface area contributed by atoms with Crippen LogP contribution in [-0.4, -0.2) is 19.3 Å². The number of halogens is 3. The summed E-state index contributed by atoms with van der Waals surface area (Å²) < 4.78 is 43.5. The minimum absolute atomic E-state index is 0.0835. The molecule has 0 heterocycles. The van der Waals surface area contributed by atoms with Gasteiger partial charge in [0, 0.05) is 0 Å². The number of alkyl halides is 3. The van der Waals surface area contributed by atoms with Gasteiger partial charge in [0.05, 0.1) is 18.1 Å². The van der Waals surface area contributed by atoms with E-state index >= 15 is 0 Å². The molecule has 1 aromatic carbocycles. The highest BCUT2D eigenvalue weighted by atomic mass is 19.4. The molecule has 1 fully saturated rings. The summed E-state index contributed by atoms with van der Waals surface area (Å²) in [6.45, 7) is 1.67. The maximum Gasteiger partial charge on any atom is 0.398 e. The zero-order valence-corrected chi connectivity index (χ0v) is 10.1. The fourth-order valence-corrected chi connectivity index (χ4v) is 2.11. The Labute approximate surface area is 103 Å². The van der Waals surface area contributed by atoms with Crippen LogP contribution in [0.1, 0.15) is 34.3 Å². The highest BCUT2D eigenvalue weighted by Crippen LogP contribution is 2.59. The first-order valence-electron chi connectivity index (χ1n) is 5.58. The number of aryl methyl sites for hydroxylation is 1. The van der Waals surface area contributed by atoms with Crippen molar-refractivity contribution in [2.75, 3.05) is 7.11 Å². The Balaban J connectivity index is 2.46. The SMILES string of the molecule is COC(=O)c1cc(C2(C(F)(F)F)CC2)ccc1C. The number of benzene rings is 1. The number of methoxy groups -OCH3 is 1. The lowest BCUT2D eigenvalue weighted by Gasteiger charge is -2.20. The van der Waals surface area contributed by atoms with Gasteiger partial charge in [0.2, 0.25) is 0 Å². The van der Waals surface area contributed by atoms with Gasteiger partial charge in [0.1, 0.15) is 0 Å². The Morgan fingerprint density at radius 3 is 2.39 bits per heavy atom. The van der Waals surface area contributed by atoms with Gasteiger partial charge in [0.15, 0.2) is 0 Å². The Hall–Kier alpha value is -1.52. The van der Waals surface area contributed by atoms with Crippen LogP contribution >= 0.6 is 0 Å². The molecule has 5 heteroatoms. The van der Waals surface area contributed by atoms with Gasteiger partial charge in [-0.25, -0.2) is 4.79 Å². The molecule has 2 rings (SSSR count). The third-order valence-electron chi connectivity index (χ3n) is 3.49. The van der Waals surface area contributed by atoms with Crippen molar-refractivity contribution < 1.29 is 22.7 Å². The van der Waals surface area contributed by atoms with Crippen molar-refractivity contribution in [3.05, 3.63) is 34.9 Å². The van der Waals surface area contributed by atoms with E-state index in [1.807, 2.05) is 0 Å². The van der Waals surface area contributed by atoms with Gasteiger partial charge in [0.25, 0.3) is 0 Å². The minimum atomic E-state index is -4.27. The molecule has 1 aromatic rings. The molecule has 0 unspecified atom stereocenters. The van der Waals surface area contributed by atoms with Crippen LogP contribution in [-0.2, 0) is 10.2 Å². The van der Waals surface area contributed by atoms with E-state index in [0.29, 0.717) is 5.56 Å². The molecule has 1 aliphatic carbocycles. The predicted molar refractivity (Wildman–Crippen MR) is 59.5 cm³/mol. The Bertz CT molecular complexity index is 487. The lowest BCUT2D eigenvalue weighted by Crippen LogP contribution is -2.29. The van der Waals surface area contributed by atoms with E-state index in [4.69, 9.17) is 0 Å². The molecule has 0 N–H and O–H groups in total. The van der Waals surface area contributed by atoms with Crippen LogP contribution in [0.2, 0.25) is 0 Å². The molecule has 0 aromatic heterocycles. The second-order valence-corrected chi connectivity index (χ2v) is 4.60. The summed E-state index contributed by atoms with van der Waals surface area (Å²) in [5.41, 5.74) is -0.793. The largest absolute Gasteiger partial charge is 0.465 e. The zero-order chi connectivity index (χ0) is 13.6. The van der Waals surface area contributed by atoms with Crippen molar-refractivity contribution in [3.8, 4) is 0 Å². The van der Waals surface area contributed by atoms with Crippen LogP contribution in [0.5, 0.6) is 0 Å². The molecule has 18 heavy (non-hydrogen) atoms. The van der Waals surface area contributed by atoms with Crippen LogP contribution in [0.3, 0.4) is 0 Å². The first-order valence-corrected chi connectivity index (χ1v) is 5.58. The van der Waals surface area contributed by atoms with Crippen molar-refractivity contribution in [1.82, 2.24) is 0 Å². The number of esters is 1. The van der Waals surface area contributed by atoms with Gasteiger partial charge >= 0.3 is 12.1 Å². The van der Waals surface area contributed by atoms with Crippen molar-refractivity contribution in [2.24, 2.45) is 0 Å². The lowest BCUT2D eigenvalue weighted by molar-refractivity contribution is -0.160. The van der Waals surface area contributed by atoms with E-state index in [1.165, 1.54) is 25.3 Å². The molecule has 1 aliphatic rings. The summed E-state index contributed by atoms with van der Waals surface area (Å²) in [6, 6.07) is 4.29. The fourth-order valence-electron chi connectivity index (χ4n) is 2.11. The molecular weight excluding hydrogens is 245 g/mol. The molecule has 0 radical (unpaired) electrons. The van der Waals surface area contributed by atoms with E-state index < -0.39 is 17.6 Å². The summed E-state index contributed by atoms with van der Waals surface area (Å²) in [6.07, 6.45) is -4.10. The van der Waals surface area contributed by atoms with Gasteiger partial charge in [-0.1, -0.05) is 12.1 Å². The molecule has 0 atom stereocenters. The predicted octanol–water partition coefficient (Wildman–Crippen LogP) is 3.38. The van der Waals surface area contributed by atoms with Crippen LogP contribution in [0, 0.1) is 6.92 Å². The molecule has 0 saturated heterocycles. The van der Waals surface area contributed by atoms with Crippen molar-refractivity contribution in [1.29, 1.82) is 0 Å². The Kier molecular flexibility index (Phi) is 2.87. The van der Waals surface area contributed by atoms with Crippen molar-refractivity contribution in [3.63, 3.8) is 0 Å². The van der Waals surface area contributed by atoms with Crippen LogP contribution in [0.4, 0.5) is 13.2 Å². The van der Waals surface area contributed by atoms with Gasteiger partial charge in [-0.05, 0) is 37.0 Å². The van der Waals surface area contributed by atoms with Gasteiger partial charge in [-0.15, -0.1) is 0 Å². The van der Waals surface area contributed by atoms with Gasteiger partial charge < -0.3 is 4.74 Å². The molecule has 0 amide bonds. The van der Waals surface area contributed by atoms with Gasteiger partial charge in [-0.2, -0.15) is 13.2 Å². The third-order valence-corrected chi connectivity index (χ3v) is 3.49. The Morgan fingerprint density at radius 1 is 1.33 bits per heavy atom. The number of ether oxygens (including phenoxy) is 1. The molecular formula is C13H13F3O2. The Morgan fingerprint density at radius 2 is 1.94 bits per heavy atom. The first-order chi connectivity index (χ1) is 8.32. The minimum Gasteiger partial charge on any atom is -0.465 e. The molecule has 0 bridgehead atoms. The molecule has 1 saturated carbocycles. The normalized spacial score (nSPS) is 17.4. The summed E-state index contributed by atoms with van der Waals surface area (Å²) in [5, 5.41) is 0. The fraction of sp³-hybridized carbons (Fsp3) is 0.462.